The minimum atomic E-state index is -3.73. The Morgan fingerprint density at radius 1 is 1.10 bits per heavy atom. The lowest BCUT2D eigenvalue weighted by Gasteiger charge is -2.16. The van der Waals surface area contributed by atoms with Crippen molar-refractivity contribution in [1.82, 2.24) is 13.4 Å². The zero-order valence-corrected chi connectivity index (χ0v) is 17.8. The molecule has 0 radical (unpaired) electrons. The first-order chi connectivity index (χ1) is 14.6. The van der Waals surface area contributed by atoms with E-state index in [1.54, 1.807) is 0 Å². The van der Waals surface area contributed by atoms with Crippen LogP contribution in [0.4, 0.5) is 5.82 Å². The normalized spacial score (nSPS) is 14.5. The molecule has 3 rings (SSSR count). The molecule has 1 saturated heterocycles. The van der Waals surface area contributed by atoms with Gasteiger partial charge in [-0.05, 0) is 31.0 Å². The lowest BCUT2D eigenvalue weighted by Crippen LogP contribution is -2.42. The van der Waals surface area contributed by atoms with Gasteiger partial charge in [0.2, 0.25) is 15.8 Å². The maximum atomic E-state index is 12.7. The fourth-order valence-corrected chi connectivity index (χ4v) is 4.83. The van der Waals surface area contributed by atoms with E-state index in [9.17, 15) is 27.6 Å². The summed E-state index contributed by atoms with van der Waals surface area (Å²) in [5, 5.41) is 0. The van der Waals surface area contributed by atoms with Crippen molar-refractivity contribution >= 4 is 27.6 Å². The second-order valence-corrected chi connectivity index (χ2v) is 9.04. The number of aromatic nitrogens is 2. The molecule has 2 N–H and O–H groups in total. The van der Waals surface area contributed by atoms with E-state index in [-0.39, 0.29) is 16.3 Å². The molecule has 0 bridgehead atoms. The van der Waals surface area contributed by atoms with Crippen LogP contribution in [0.3, 0.4) is 0 Å². The molecule has 0 aliphatic carbocycles. The van der Waals surface area contributed by atoms with Crippen molar-refractivity contribution in [2.75, 3.05) is 25.4 Å². The SMILES string of the molecule is Cn1c(N)c(C(=O)COC(=O)c2cccc(S(=O)(=O)N3CCCC3)c2)c(=O)n(C)c1=O. The van der Waals surface area contributed by atoms with Crippen LogP contribution in [0.15, 0.2) is 38.8 Å². The number of Topliss-reactive ketones (excluding diaryl/α,β-unsaturated/α-hetero) is 1. The molecular formula is C19H22N4O7S. The number of hydrogen-bond donors (Lipinski definition) is 1. The van der Waals surface area contributed by atoms with E-state index in [0.717, 1.165) is 22.0 Å². The maximum absolute atomic E-state index is 12.7. The van der Waals surface area contributed by atoms with Gasteiger partial charge in [0.1, 0.15) is 11.4 Å². The number of hydrogen-bond acceptors (Lipinski definition) is 8. The Morgan fingerprint density at radius 3 is 2.39 bits per heavy atom. The number of nitrogens with two attached hydrogens (primary N) is 1. The molecule has 0 saturated carbocycles. The van der Waals surface area contributed by atoms with Crippen LogP contribution < -0.4 is 17.0 Å². The lowest BCUT2D eigenvalue weighted by molar-refractivity contribution is 0.0474. The highest BCUT2D eigenvalue weighted by molar-refractivity contribution is 7.89. The van der Waals surface area contributed by atoms with Crippen LogP contribution in [0.1, 0.15) is 33.6 Å². The smallest absolute Gasteiger partial charge is 0.338 e. The fourth-order valence-electron chi connectivity index (χ4n) is 3.27. The monoisotopic (exact) mass is 450 g/mol. The van der Waals surface area contributed by atoms with E-state index < -0.39 is 45.2 Å². The molecule has 166 valence electrons. The van der Waals surface area contributed by atoms with Gasteiger partial charge in [0, 0.05) is 27.2 Å². The van der Waals surface area contributed by atoms with Gasteiger partial charge < -0.3 is 10.5 Å². The van der Waals surface area contributed by atoms with Crippen LogP contribution in [0, 0.1) is 0 Å². The Labute approximate surface area is 177 Å². The van der Waals surface area contributed by atoms with Crippen LogP contribution >= 0.6 is 0 Å². The summed E-state index contributed by atoms with van der Waals surface area (Å²) in [5.41, 5.74) is 3.58. The first kappa shape index (κ1) is 22.4. The molecule has 12 heteroatoms. The Bertz CT molecular complexity index is 1270. The summed E-state index contributed by atoms with van der Waals surface area (Å²) in [7, 11) is -1.24. The van der Waals surface area contributed by atoms with Crippen LogP contribution in [-0.4, -0.2) is 53.3 Å². The number of ketones is 1. The van der Waals surface area contributed by atoms with Crippen LogP contribution in [0.25, 0.3) is 0 Å². The van der Waals surface area contributed by atoms with Gasteiger partial charge in [-0.15, -0.1) is 0 Å². The minimum absolute atomic E-state index is 0.0497. The standard InChI is InChI=1S/C19H22N4O7S/c1-21-16(20)15(17(25)22(2)19(21)27)14(24)11-30-18(26)12-6-5-7-13(10-12)31(28,29)23-8-3-4-9-23/h5-7,10H,3-4,8-9,11,20H2,1-2H3. The second kappa shape index (κ2) is 8.47. The number of rotatable bonds is 6. The summed E-state index contributed by atoms with van der Waals surface area (Å²) < 4.78 is 33.3. The molecule has 0 amide bonds. The Morgan fingerprint density at radius 2 is 1.74 bits per heavy atom. The van der Waals surface area contributed by atoms with Gasteiger partial charge in [0.15, 0.2) is 6.61 Å². The number of nitrogen functional groups attached to an aromatic ring is 1. The predicted octanol–water partition coefficient (Wildman–Crippen LogP) is -0.510. The molecule has 2 aromatic rings. The van der Waals surface area contributed by atoms with Gasteiger partial charge in [-0.2, -0.15) is 4.31 Å². The fraction of sp³-hybridized carbons (Fsp3) is 0.368. The maximum Gasteiger partial charge on any atom is 0.338 e. The number of ether oxygens (including phenoxy) is 1. The van der Waals surface area contributed by atoms with Crippen LogP contribution in [-0.2, 0) is 28.9 Å². The summed E-state index contributed by atoms with van der Waals surface area (Å²) in [6.07, 6.45) is 1.55. The molecule has 1 aliphatic rings. The zero-order chi connectivity index (χ0) is 22.9. The minimum Gasteiger partial charge on any atom is -0.454 e. The number of benzene rings is 1. The largest absolute Gasteiger partial charge is 0.454 e. The lowest BCUT2D eigenvalue weighted by atomic mass is 10.2. The number of anilines is 1. The Balaban J connectivity index is 1.79. The number of esters is 1. The van der Waals surface area contributed by atoms with E-state index in [1.807, 2.05) is 0 Å². The van der Waals surface area contributed by atoms with E-state index in [4.69, 9.17) is 10.5 Å². The Hall–Kier alpha value is -3.25. The molecule has 2 heterocycles. The molecule has 11 nitrogen and oxygen atoms in total. The van der Waals surface area contributed by atoms with Crippen molar-refractivity contribution in [3.8, 4) is 0 Å². The van der Waals surface area contributed by atoms with Gasteiger partial charge in [0.05, 0.1) is 10.5 Å². The first-order valence-corrected chi connectivity index (χ1v) is 10.9. The summed E-state index contributed by atoms with van der Waals surface area (Å²) in [4.78, 5) is 48.9. The van der Waals surface area contributed by atoms with Crippen molar-refractivity contribution in [3.05, 3.63) is 56.2 Å². The molecule has 1 aromatic carbocycles. The van der Waals surface area contributed by atoms with E-state index in [2.05, 4.69) is 0 Å². The molecule has 1 aliphatic heterocycles. The third-order valence-corrected chi connectivity index (χ3v) is 6.99. The average Bonchev–Trinajstić information content (AvgIpc) is 3.31. The van der Waals surface area contributed by atoms with Gasteiger partial charge in [-0.25, -0.2) is 18.0 Å². The van der Waals surface area contributed by atoms with Crippen LogP contribution in [0.5, 0.6) is 0 Å². The quantitative estimate of drug-likeness (QED) is 0.456. The number of carbonyl (C=O) groups is 2. The van der Waals surface area contributed by atoms with Gasteiger partial charge in [0.25, 0.3) is 5.56 Å². The van der Waals surface area contributed by atoms with Crippen molar-refractivity contribution in [2.45, 2.75) is 17.7 Å². The van der Waals surface area contributed by atoms with Crippen molar-refractivity contribution < 1.29 is 22.7 Å². The molecule has 0 spiro atoms. The van der Waals surface area contributed by atoms with Gasteiger partial charge >= 0.3 is 11.7 Å². The molecule has 31 heavy (non-hydrogen) atoms. The van der Waals surface area contributed by atoms with Crippen molar-refractivity contribution in [2.24, 2.45) is 14.1 Å². The first-order valence-electron chi connectivity index (χ1n) is 9.41. The third-order valence-electron chi connectivity index (χ3n) is 5.10. The van der Waals surface area contributed by atoms with Crippen molar-refractivity contribution in [3.63, 3.8) is 0 Å². The number of carbonyl (C=O) groups excluding carboxylic acids is 2. The highest BCUT2D eigenvalue weighted by Gasteiger charge is 2.28. The topological polar surface area (TPSA) is 151 Å². The molecular weight excluding hydrogens is 428 g/mol. The average molecular weight is 450 g/mol. The number of nitrogens with zero attached hydrogens (tertiary/aromatic N) is 3. The summed E-state index contributed by atoms with van der Waals surface area (Å²) >= 11 is 0. The molecule has 1 aromatic heterocycles. The van der Waals surface area contributed by atoms with E-state index >= 15 is 0 Å². The highest BCUT2D eigenvalue weighted by atomic mass is 32.2. The van der Waals surface area contributed by atoms with Gasteiger partial charge in [-0.3, -0.25) is 18.7 Å². The highest BCUT2D eigenvalue weighted by Crippen LogP contribution is 2.21. The van der Waals surface area contributed by atoms with Gasteiger partial charge in [-0.1, -0.05) is 6.07 Å². The van der Waals surface area contributed by atoms with E-state index in [1.165, 1.54) is 42.7 Å². The number of sulfonamides is 1. The zero-order valence-electron chi connectivity index (χ0n) is 17.0. The Kier molecular flexibility index (Phi) is 6.13. The predicted molar refractivity (Wildman–Crippen MR) is 110 cm³/mol. The summed E-state index contributed by atoms with van der Waals surface area (Å²) in [5.74, 6) is -2.16. The summed E-state index contributed by atoms with van der Waals surface area (Å²) in [6, 6.07) is 5.32. The second-order valence-electron chi connectivity index (χ2n) is 7.10. The third kappa shape index (κ3) is 4.16. The van der Waals surface area contributed by atoms with Crippen molar-refractivity contribution in [1.29, 1.82) is 0 Å². The summed E-state index contributed by atoms with van der Waals surface area (Å²) in [6.45, 7) is 0.0303. The van der Waals surface area contributed by atoms with E-state index in [0.29, 0.717) is 13.1 Å². The van der Waals surface area contributed by atoms with Crippen LogP contribution in [0.2, 0.25) is 0 Å². The molecule has 0 unspecified atom stereocenters. The molecule has 1 fully saturated rings. The molecule has 0 atom stereocenters.